The van der Waals surface area contributed by atoms with Gasteiger partial charge in [0.2, 0.25) is 0 Å². The third kappa shape index (κ3) is 5.90. The summed E-state index contributed by atoms with van der Waals surface area (Å²) in [6.45, 7) is 5.77. The van der Waals surface area contributed by atoms with Crippen molar-refractivity contribution in [2.24, 2.45) is 5.92 Å². The molecule has 11 nitrogen and oxygen atoms in total. The van der Waals surface area contributed by atoms with Crippen molar-refractivity contribution in [3.63, 3.8) is 0 Å². The predicted octanol–water partition coefficient (Wildman–Crippen LogP) is 7.17. The first-order chi connectivity index (χ1) is 22.7. The van der Waals surface area contributed by atoms with Gasteiger partial charge < -0.3 is 15.7 Å². The molecule has 47 heavy (non-hydrogen) atoms. The lowest BCUT2D eigenvalue weighted by molar-refractivity contribution is -0.149. The predicted molar refractivity (Wildman–Crippen MR) is 181 cm³/mol. The molecule has 3 N–H and O–H groups in total. The van der Waals surface area contributed by atoms with Crippen molar-refractivity contribution in [1.29, 1.82) is 0 Å². The van der Waals surface area contributed by atoms with Gasteiger partial charge in [-0.2, -0.15) is 5.10 Å². The number of hydrogen-bond acceptors (Lipinski definition) is 8. The van der Waals surface area contributed by atoms with E-state index in [9.17, 15) is 14.7 Å². The van der Waals surface area contributed by atoms with Crippen molar-refractivity contribution < 1.29 is 14.7 Å². The summed E-state index contributed by atoms with van der Waals surface area (Å²) >= 11 is 13.9. The van der Waals surface area contributed by atoms with Crippen LogP contribution < -0.4 is 10.6 Å². The van der Waals surface area contributed by atoms with Gasteiger partial charge in [0.15, 0.2) is 11.5 Å². The molecule has 3 aromatic heterocycles. The molecule has 1 fully saturated rings. The number of hydrogen-bond donors (Lipinski definition) is 3. The Hall–Kier alpha value is -4.58. The topological polar surface area (TPSA) is 138 Å². The number of aliphatic carboxylic acids is 1. The highest BCUT2D eigenvalue weighted by Gasteiger charge is 2.39. The maximum absolute atomic E-state index is 13.4. The molecule has 1 saturated heterocycles. The van der Waals surface area contributed by atoms with E-state index in [1.54, 1.807) is 24.4 Å². The number of amides is 1. The van der Waals surface area contributed by atoms with Gasteiger partial charge in [0.05, 0.1) is 44.6 Å². The van der Waals surface area contributed by atoms with Crippen LogP contribution in [0.5, 0.6) is 0 Å². The highest BCUT2D eigenvalue weighted by molar-refractivity contribution is 6.39. The zero-order chi connectivity index (χ0) is 32.8. The monoisotopic (exact) mass is 670 g/mol. The third-order valence-corrected chi connectivity index (χ3v) is 9.52. The van der Waals surface area contributed by atoms with E-state index in [1.807, 2.05) is 54.9 Å². The Balaban J connectivity index is 1.14. The largest absolute Gasteiger partial charge is 0.481 e. The first-order valence-corrected chi connectivity index (χ1v) is 16.3. The van der Waals surface area contributed by atoms with E-state index in [0.717, 1.165) is 24.1 Å². The fourth-order valence-corrected chi connectivity index (χ4v) is 6.73. The highest BCUT2D eigenvalue weighted by Crippen LogP contribution is 2.41. The second-order valence-electron chi connectivity index (χ2n) is 12.2. The van der Waals surface area contributed by atoms with E-state index in [1.165, 1.54) is 0 Å². The average molecular weight is 672 g/mol. The normalized spacial score (nSPS) is 16.6. The lowest BCUT2D eigenvalue weighted by atomic mass is 9.93. The molecule has 13 heteroatoms. The summed E-state index contributed by atoms with van der Waals surface area (Å²) in [4.78, 5) is 40.8. The molecule has 0 bridgehead atoms. The minimum atomic E-state index is -0.772. The number of likely N-dealkylation sites (tertiary alicyclic amines) is 1. The first kappa shape index (κ1) is 31.0. The lowest BCUT2D eigenvalue weighted by Gasteiger charge is -2.43. The van der Waals surface area contributed by atoms with Crippen molar-refractivity contribution in [2.75, 3.05) is 23.7 Å². The van der Waals surface area contributed by atoms with Gasteiger partial charge >= 0.3 is 5.97 Å². The number of benzene rings is 2. The van der Waals surface area contributed by atoms with E-state index >= 15 is 0 Å². The van der Waals surface area contributed by atoms with Gasteiger partial charge in [-0.05, 0) is 43.2 Å². The Kier molecular flexibility index (Phi) is 8.29. The van der Waals surface area contributed by atoms with Gasteiger partial charge in [0, 0.05) is 42.9 Å². The zero-order valence-corrected chi connectivity index (χ0v) is 27.3. The van der Waals surface area contributed by atoms with E-state index in [-0.39, 0.29) is 29.5 Å². The average Bonchev–Trinajstić information content (AvgIpc) is 3.48. The quantitative estimate of drug-likeness (QED) is 0.157. The maximum atomic E-state index is 13.4. The zero-order valence-electron chi connectivity index (χ0n) is 25.7. The summed E-state index contributed by atoms with van der Waals surface area (Å²) in [5, 5.41) is 20.9. The molecule has 0 unspecified atom stereocenters. The van der Waals surface area contributed by atoms with Crippen LogP contribution in [0, 0.1) is 5.92 Å². The number of anilines is 3. The van der Waals surface area contributed by atoms with Crippen LogP contribution in [0.2, 0.25) is 10.0 Å². The number of fused-ring (bicyclic) bond motifs is 2. The Morgan fingerprint density at radius 3 is 2.43 bits per heavy atom. The number of carboxylic acids is 1. The van der Waals surface area contributed by atoms with Gasteiger partial charge in [-0.1, -0.05) is 61.3 Å². The van der Waals surface area contributed by atoms with Crippen LogP contribution in [0.25, 0.3) is 22.2 Å². The number of aryl methyl sites for hydroxylation is 1. The van der Waals surface area contributed by atoms with E-state index < -0.39 is 5.97 Å². The van der Waals surface area contributed by atoms with Crippen LogP contribution >= 0.6 is 23.2 Å². The van der Waals surface area contributed by atoms with Crippen molar-refractivity contribution in [3.8, 4) is 11.1 Å². The molecule has 2 aromatic carbocycles. The maximum Gasteiger partial charge on any atom is 0.309 e. The Morgan fingerprint density at radius 1 is 0.979 bits per heavy atom. The van der Waals surface area contributed by atoms with E-state index in [4.69, 9.17) is 28.2 Å². The summed E-state index contributed by atoms with van der Waals surface area (Å²) in [6.07, 6.45) is 3.49. The molecule has 1 atom stereocenters. The first-order valence-electron chi connectivity index (χ1n) is 15.5. The van der Waals surface area contributed by atoms with Crippen LogP contribution in [0.3, 0.4) is 0 Å². The molecule has 5 aromatic rings. The summed E-state index contributed by atoms with van der Waals surface area (Å²) < 4.78 is 1.86. The molecule has 0 aliphatic carbocycles. The summed E-state index contributed by atoms with van der Waals surface area (Å²) in [5.41, 5.74) is 4.91. The van der Waals surface area contributed by atoms with Crippen LogP contribution in [0.4, 0.5) is 17.2 Å². The van der Waals surface area contributed by atoms with E-state index in [2.05, 4.69) is 30.6 Å². The van der Waals surface area contributed by atoms with Crippen molar-refractivity contribution in [2.45, 2.75) is 45.2 Å². The fraction of sp³-hybridized carbons (Fsp3) is 0.294. The highest BCUT2D eigenvalue weighted by atomic mass is 35.5. The van der Waals surface area contributed by atoms with Crippen molar-refractivity contribution in [3.05, 3.63) is 88.1 Å². The smallest absolute Gasteiger partial charge is 0.309 e. The molecule has 1 amide bonds. The molecule has 0 spiro atoms. The number of carbonyl (C=O) groups excluding carboxylic acids is 1. The van der Waals surface area contributed by atoms with Crippen molar-refractivity contribution in [1.82, 2.24) is 29.6 Å². The summed E-state index contributed by atoms with van der Waals surface area (Å²) in [6, 6.07) is 16.6. The number of pyridine rings is 1. The second-order valence-corrected chi connectivity index (χ2v) is 13.0. The Bertz CT molecular complexity index is 2020. The number of nitrogens with one attached hydrogen (secondary N) is 2. The number of rotatable bonds is 8. The fourth-order valence-electron chi connectivity index (χ4n) is 6.18. The number of carboxylic acid groups (broad SMARTS) is 1. The molecule has 240 valence electrons. The van der Waals surface area contributed by atoms with Crippen molar-refractivity contribution >= 4 is 63.3 Å². The van der Waals surface area contributed by atoms with Crippen LogP contribution in [0.15, 0.2) is 60.8 Å². The van der Waals surface area contributed by atoms with Gasteiger partial charge in [-0.15, -0.1) is 0 Å². The minimum absolute atomic E-state index is 0.0384. The Morgan fingerprint density at radius 2 is 1.70 bits per heavy atom. The molecule has 5 heterocycles. The lowest BCUT2D eigenvalue weighted by Crippen LogP contribution is -2.52. The molecule has 2 aliphatic heterocycles. The third-order valence-electron chi connectivity index (χ3n) is 8.71. The molecule has 0 saturated carbocycles. The van der Waals surface area contributed by atoms with Gasteiger partial charge in [0.1, 0.15) is 11.3 Å². The number of halogens is 2. The summed E-state index contributed by atoms with van der Waals surface area (Å²) in [7, 11) is 0. The molecule has 7 rings (SSSR count). The molecular formula is C34H32Cl2N8O3. The summed E-state index contributed by atoms with van der Waals surface area (Å²) in [5.74, 6) is -0.162. The van der Waals surface area contributed by atoms with Crippen LogP contribution in [-0.4, -0.2) is 59.7 Å². The second kappa shape index (κ2) is 12.6. The van der Waals surface area contributed by atoms with Gasteiger partial charge in [-0.25, -0.2) is 9.97 Å². The van der Waals surface area contributed by atoms with E-state index in [0.29, 0.717) is 69.3 Å². The van der Waals surface area contributed by atoms with Crippen LogP contribution in [0.1, 0.15) is 60.7 Å². The SMILES string of the molecule is CC(C)c1nc(Nc2cccc(-c3cccc(NC(=O)c4cc5n(n4)CCC[C@@H]5N4CC(C(=O)O)C4)c3Cl)c2Cl)c2ncccc2n1. The number of nitrogens with zero attached hydrogens (tertiary/aromatic N) is 6. The molecular weight excluding hydrogens is 639 g/mol. The minimum Gasteiger partial charge on any atom is -0.481 e. The van der Waals surface area contributed by atoms with Gasteiger partial charge in [-0.3, -0.25) is 24.2 Å². The standard InChI is InChI=1S/C34H32Cl2N8O3/c1-18(2)31-39-24-11-5-13-37-30(24)32(41-31)38-22-9-3-7-20(28(22)35)21-8-4-10-23(29(21)36)40-33(45)25-15-27-26(12-6-14-44(27)42-25)43-16-19(17-43)34(46)47/h3-5,7-11,13,15,18-19,26H,6,12,14,16-17H2,1-2H3,(H,40,45)(H,46,47)(H,38,39,41)/t26-/m0/s1. The molecule has 2 aliphatic rings. The Labute approximate surface area is 281 Å². The molecule has 0 radical (unpaired) electrons. The number of aromatic nitrogens is 5. The number of carbonyl (C=O) groups is 2. The van der Waals surface area contributed by atoms with Crippen LogP contribution in [-0.2, 0) is 11.3 Å². The van der Waals surface area contributed by atoms with Gasteiger partial charge in [0.25, 0.3) is 5.91 Å².